The highest BCUT2D eigenvalue weighted by Crippen LogP contribution is 2.30. The monoisotopic (exact) mass is 267 g/mol. The van der Waals surface area contributed by atoms with Gasteiger partial charge in [-0.3, -0.25) is 4.98 Å². The minimum atomic E-state index is -0.296. The Hall–Kier alpha value is -2.62. The normalized spacial score (nSPS) is 10.7. The zero-order valence-electron chi connectivity index (χ0n) is 11.0. The van der Waals surface area contributed by atoms with E-state index in [0.29, 0.717) is 16.9 Å². The van der Waals surface area contributed by atoms with Gasteiger partial charge in [-0.15, -0.1) is 0 Å². The third-order valence-corrected chi connectivity index (χ3v) is 3.28. The summed E-state index contributed by atoms with van der Waals surface area (Å²) in [5.41, 5.74) is 8.44. The lowest BCUT2D eigenvalue weighted by molar-refractivity contribution is 0.619. The second-order valence-corrected chi connectivity index (χ2v) is 4.72. The molecule has 20 heavy (non-hydrogen) atoms. The Morgan fingerprint density at radius 2 is 2.00 bits per heavy atom. The van der Waals surface area contributed by atoms with Gasteiger partial charge in [0.15, 0.2) is 0 Å². The quantitative estimate of drug-likeness (QED) is 0.690. The van der Waals surface area contributed by atoms with Gasteiger partial charge in [-0.25, -0.2) is 4.39 Å². The standard InChI is InChI=1S/C16H14FN3/c1-10-7-16(14(18)8-13(10)17)20-15-4-2-3-11-9-19-6-5-12(11)15/h2-9,20H,18H2,1H3. The van der Waals surface area contributed by atoms with Gasteiger partial charge in [0.2, 0.25) is 0 Å². The molecule has 100 valence electrons. The third kappa shape index (κ3) is 2.16. The molecule has 3 nitrogen and oxygen atoms in total. The lowest BCUT2D eigenvalue weighted by atomic mass is 10.1. The van der Waals surface area contributed by atoms with Gasteiger partial charge in [-0.2, -0.15) is 0 Å². The van der Waals surface area contributed by atoms with Crippen molar-refractivity contribution in [2.24, 2.45) is 0 Å². The van der Waals surface area contributed by atoms with E-state index in [1.807, 2.05) is 24.3 Å². The molecule has 0 atom stereocenters. The number of anilines is 3. The zero-order chi connectivity index (χ0) is 14.1. The summed E-state index contributed by atoms with van der Waals surface area (Å²) in [4.78, 5) is 4.10. The predicted molar refractivity (Wildman–Crippen MR) is 80.6 cm³/mol. The zero-order valence-corrected chi connectivity index (χ0v) is 11.0. The highest BCUT2D eigenvalue weighted by atomic mass is 19.1. The number of nitrogens with two attached hydrogens (primary N) is 1. The van der Waals surface area contributed by atoms with E-state index in [-0.39, 0.29) is 5.82 Å². The maximum Gasteiger partial charge on any atom is 0.128 e. The fraction of sp³-hybridized carbons (Fsp3) is 0.0625. The number of nitrogens with zero attached hydrogens (tertiary/aromatic N) is 1. The summed E-state index contributed by atoms with van der Waals surface area (Å²) >= 11 is 0. The molecule has 3 rings (SSSR count). The van der Waals surface area contributed by atoms with E-state index in [4.69, 9.17) is 5.73 Å². The largest absolute Gasteiger partial charge is 0.397 e. The van der Waals surface area contributed by atoms with Crippen molar-refractivity contribution in [3.63, 3.8) is 0 Å². The average molecular weight is 267 g/mol. The first-order valence-corrected chi connectivity index (χ1v) is 6.30. The first-order valence-electron chi connectivity index (χ1n) is 6.30. The number of benzene rings is 2. The van der Waals surface area contributed by atoms with Crippen molar-refractivity contribution in [1.82, 2.24) is 4.98 Å². The molecule has 1 heterocycles. The molecule has 0 radical (unpaired) electrons. The van der Waals surface area contributed by atoms with Gasteiger partial charge in [0, 0.05) is 28.9 Å². The van der Waals surface area contributed by atoms with Crippen molar-refractivity contribution in [2.75, 3.05) is 11.1 Å². The minimum absolute atomic E-state index is 0.296. The van der Waals surface area contributed by atoms with Crippen LogP contribution < -0.4 is 11.1 Å². The Bertz CT molecular complexity index is 779. The van der Waals surface area contributed by atoms with Crippen LogP contribution in [-0.2, 0) is 0 Å². The van der Waals surface area contributed by atoms with Gasteiger partial charge in [0.25, 0.3) is 0 Å². The Labute approximate surface area is 116 Å². The Balaban J connectivity index is 2.08. The molecule has 0 unspecified atom stereocenters. The molecule has 0 fully saturated rings. The molecule has 0 aliphatic rings. The molecule has 3 aromatic rings. The maximum absolute atomic E-state index is 13.4. The van der Waals surface area contributed by atoms with Gasteiger partial charge >= 0.3 is 0 Å². The summed E-state index contributed by atoms with van der Waals surface area (Å²) in [6.45, 7) is 1.72. The summed E-state index contributed by atoms with van der Waals surface area (Å²) < 4.78 is 13.4. The second-order valence-electron chi connectivity index (χ2n) is 4.72. The topological polar surface area (TPSA) is 50.9 Å². The summed E-state index contributed by atoms with van der Waals surface area (Å²) in [6, 6.07) is 10.9. The molecule has 3 N–H and O–H groups in total. The highest BCUT2D eigenvalue weighted by molar-refractivity contribution is 5.95. The number of hydrogen-bond acceptors (Lipinski definition) is 3. The van der Waals surface area contributed by atoms with Gasteiger partial charge in [0.05, 0.1) is 11.4 Å². The van der Waals surface area contributed by atoms with Crippen LogP contribution in [0, 0.1) is 12.7 Å². The molecular weight excluding hydrogens is 253 g/mol. The number of nitrogens with one attached hydrogen (secondary N) is 1. The van der Waals surface area contributed by atoms with Crippen LogP contribution in [0.1, 0.15) is 5.56 Å². The van der Waals surface area contributed by atoms with E-state index >= 15 is 0 Å². The van der Waals surface area contributed by atoms with Gasteiger partial charge in [-0.05, 0) is 36.8 Å². The fourth-order valence-corrected chi connectivity index (χ4v) is 2.18. The van der Waals surface area contributed by atoms with Crippen LogP contribution in [0.25, 0.3) is 10.8 Å². The average Bonchev–Trinajstić information content (AvgIpc) is 2.45. The Kier molecular flexibility index (Phi) is 2.99. The Morgan fingerprint density at radius 3 is 2.85 bits per heavy atom. The molecule has 0 amide bonds. The van der Waals surface area contributed by atoms with Gasteiger partial charge in [-0.1, -0.05) is 12.1 Å². The molecule has 2 aromatic carbocycles. The number of aryl methyl sites for hydroxylation is 1. The molecule has 0 aliphatic carbocycles. The van der Waals surface area contributed by atoms with Crippen molar-refractivity contribution in [3.05, 3.63) is 60.2 Å². The maximum atomic E-state index is 13.4. The highest BCUT2D eigenvalue weighted by Gasteiger charge is 2.07. The van der Waals surface area contributed by atoms with Crippen molar-refractivity contribution < 1.29 is 4.39 Å². The first-order chi connectivity index (χ1) is 9.65. The number of nitrogen functional groups attached to an aromatic ring is 1. The van der Waals surface area contributed by atoms with E-state index in [1.165, 1.54) is 6.07 Å². The molecule has 4 heteroatoms. The number of pyridine rings is 1. The van der Waals surface area contributed by atoms with E-state index < -0.39 is 0 Å². The molecule has 0 spiro atoms. The van der Waals surface area contributed by atoms with Gasteiger partial charge in [0.1, 0.15) is 5.82 Å². The van der Waals surface area contributed by atoms with Crippen LogP contribution >= 0.6 is 0 Å². The minimum Gasteiger partial charge on any atom is -0.397 e. The number of hydrogen-bond donors (Lipinski definition) is 2. The van der Waals surface area contributed by atoms with Crippen molar-refractivity contribution >= 4 is 27.8 Å². The molecule has 0 saturated carbocycles. The first kappa shape index (κ1) is 12.4. The van der Waals surface area contributed by atoms with Crippen molar-refractivity contribution in [2.45, 2.75) is 6.92 Å². The summed E-state index contributed by atoms with van der Waals surface area (Å²) in [7, 11) is 0. The number of fused-ring (bicyclic) bond motifs is 1. The van der Waals surface area contributed by atoms with E-state index in [2.05, 4.69) is 10.3 Å². The lowest BCUT2D eigenvalue weighted by Crippen LogP contribution is -1.99. The van der Waals surface area contributed by atoms with Crippen molar-refractivity contribution in [3.8, 4) is 0 Å². The van der Waals surface area contributed by atoms with E-state index in [0.717, 1.165) is 16.5 Å². The van der Waals surface area contributed by atoms with Crippen LogP contribution in [0.4, 0.5) is 21.5 Å². The number of aromatic nitrogens is 1. The molecule has 0 aliphatic heterocycles. The fourth-order valence-electron chi connectivity index (χ4n) is 2.18. The van der Waals surface area contributed by atoms with Crippen LogP contribution in [-0.4, -0.2) is 4.98 Å². The predicted octanol–water partition coefficient (Wildman–Crippen LogP) is 4.01. The molecule has 1 aromatic heterocycles. The molecule has 0 saturated heterocycles. The lowest BCUT2D eigenvalue weighted by Gasteiger charge is -2.13. The van der Waals surface area contributed by atoms with E-state index in [1.54, 1.807) is 25.4 Å². The van der Waals surface area contributed by atoms with Crippen LogP contribution in [0.15, 0.2) is 48.8 Å². The SMILES string of the molecule is Cc1cc(Nc2cccc3cnccc23)c(N)cc1F. The van der Waals surface area contributed by atoms with Crippen LogP contribution in [0.3, 0.4) is 0 Å². The Morgan fingerprint density at radius 1 is 1.15 bits per heavy atom. The molecule has 0 bridgehead atoms. The second kappa shape index (κ2) is 4.81. The summed E-state index contributed by atoms with van der Waals surface area (Å²) in [5, 5.41) is 5.35. The van der Waals surface area contributed by atoms with Crippen LogP contribution in [0.2, 0.25) is 0 Å². The summed E-state index contributed by atoms with van der Waals surface area (Å²) in [5.74, 6) is -0.296. The summed E-state index contributed by atoms with van der Waals surface area (Å²) in [6.07, 6.45) is 3.55. The third-order valence-electron chi connectivity index (χ3n) is 3.28. The van der Waals surface area contributed by atoms with Crippen molar-refractivity contribution in [1.29, 1.82) is 0 Å². The van der Waals surface area contributed by atoms with E-state index in [9.17, 15) is 4.39 Å². The number of rotatable bonds is 2. The number of halogens is 1. The van der Waals surface area contributed by atoms with Gasteiger partial charge < -0.3 is 11.1 Å². The molecular formula is C16H14FN3. The smallest absolute Gasteiger partial charge is 0.128 e. The van der Waals surface area contributed by atoms with Crippen LogP contribution in [0.5, 0.6) is 0 Å².